The van der Waals surface area contributed by atoms with Gasteiger partial charge in [0.05, 0.1) is 12.7 Å². The molecule has 118 valence electrons. The summed E-state index contributed by atoms with van der Waals surface area (Å²) < 4.78 is 6.13. The molecule has 0 aromatic heterocycles. The highest BCUT2D eigenvalue weighted by Gasteiger charge is 2.20. The van der Waals surface area contributed by atoms with Crippen molar-refractivity contribution in [3.05, 3.63) is 35.4 Å². The molecule has 1 aliphatic carbocycles. The van der Waals surface area contributed by atoms with Crippen molar-refractivity contribution in [3.8, 4) is 0 Å². The van der Waals surface area contributed by atoms with Gasteiger partial charge in [0.25, 0.3) is 0 Å². The molecule has 1 aromatic carbocycles. The van der Waals surface area contributed by atoms with Crippen molar-refractivity contribution < 1.29 is 4.74 Å². The fourth-order valence-corrected chi connectivity index (χ4v) is 3.19. The molecule has 1 aromatic rings. The van der Waals surface area contributed by atoms with Gasteiger partial charge in [-0.05, 0) is 49.4 Å². The molecule has 2 nitrogen and oxygen atoms in total. The van der Waals surface area contributed by atoms with Crippen molar-refractivity contribution in [1.29, 1.82) is 0 Å². The van der Waals surface area contributed by atoms with Crippen LogP contribution < -0.4 is 5.32 Å². The summed E-state index contributed by atoms with van der Waals surface area (Å²) in [5.41, 5.74) is 2.71. The van der Waals surface area contributed by atoms with Crippen molar-refractivity contribution in [2.45, 2.75) is 65.1 Å². The third kappa shape index (κ3) is 5.80. The predicted octanol–water partition coefficient (Wildman–Crippen LogP) is 4.32. The van der Waals surface area contributed by atoms with E-state index < -0.39 is 0 Å². The summed E-state index contributed by atoms with van der Waals surface area (Å²) in [6.07, 6.45) is 8.14. The van der Waals surface area contributed by atoms with Crippen LogP contribution in [0.2, 0.25) is 0 Å². The van der Waals surface area contributed by atoms with Crippen LogP contribution in [-0.2, 0) is 17.8 Å². The molecule has 1 N–H and O–H groups in total. The lowest BCUT2D eigenvalue weighted by molar-refractivity contribution is 0.00177. The first kappa shape index (κ1) is 16.5. The highest BCUT2D eigenvalue weighted by Crippen LogP contribution is 2.28. The molecule has 0 amide bonds. The number of hydrogen-bond acceptors (Lipinski definition) is 2. The van der Waals surface area contributed by atoms with Crippen LogP contribution in [0.4, 0.5) is 0 Å². The second-order valence-corrected chi connectivity index (χ2v) is 6.29. The van der Waals surface area contributed by atoms with Gasteiger partial charge < -0.3 is 10.1 Å². The molecule has 1 saturated carbocycles. The van der Waals surface area contributed by atoms with Crippen LogP contribution in [0.3, 0.4) is 0 Å². The summed E-state index contributed by atoms with van der Waals surface area (Å²) >= 11 is 0. The summed E-state index contributed by atoms with van der Waals surface area (Å²) in [5, 5.41) is 3.36. The van der Waals surface area contributed by atoms with Crippen molar-refractivity contribution in [1.82, 2.24) is 5.32 Å². The molecule has 0 bridgehead atoms. The molecular formula is C19H31NO. The third-order valence-electron chi connectivity index (χ3n) is 4.66. The Morgan fingerprint density at radius 2 is 1.86 bits per heavy atom. The van der Waals surface area contributed by atoms with Crippen LogP contribution >= 0.6 is 0 Å². The number of likely N-dealkylation sites (N-methyl/N-ethyl adjacent to an activating group) is 1. The molecular weight excluding hydrogens is 258 g/mol. The van der Waals surface area contributed by atoms with E-state index in [0.717, 1.165) is 32.0 Å². The largest absolute Gasteiger partial charge is 0.374 e. The topological polar surface area (TPSA) is 21.3 Å². The van der Waals surface area contributed by atoms with Gasteiger partial charge in [-0.15, -0.1) is 0 Å². The van der Waals surface area contributed by atoms with Crippen LogP contribution in [0, 0.1) is 5.92 Å². The minimum atomic E-state index is 0.483. The Hall–Kier alpha value is -0.860. The lowest BCUT2D eigenvalue weighted by atomic mass is 9.85. The number of ether oxygens (including phenoxy) is 1. The van der Waals surface area contributed by atoms with Gasteiger partial charge in [0.1, 0.15) is 0 Å². The van der Waals surface area contributed by atoms with E-state index in [2.05, 4.69) is 43.4 Å². The Kier molecular flexibility index (Phi) is 7.25. The molecule has 2 unspecified atom stereocenters. The molecule has 1 aliphatic rings. The minimum Gasteiger partial charge on any atom is -0.374 e. The molecule has 2 rings (SSSR count). The molecule has 1 fully saturated rings. The van der Waals surface area contributed by atoms with E-state index >= 15 is 0 Å². The number of benzene rings is 1. The zero-order chi connectivity index (χ0) is 14.9. The average molecular weight is 289 g/mol. The smallest absolute Gasteiger partial charge is 0.0720 e. The molecule has 2 atom stereocenters. The standard InChI is InChI=1S/C19H31NO/c1-3-16-6-5-7-19(14-16)21-15-18-10-8-17(9-11-18)12-13-20-4-2/h8-11,16,19-20H,3-7,12-15H2,1-2H3. The Balaban J connectivity index is 1.73. The quantitative estimate of drug-likeness (QED) is 0.719. The maximum absolute atomic E-state index is 6.13. The summed E-state index contributed by atoms with van der Waals surface area (Å²) in [5.74, 6) is 0.886. The lowest BCUT2D eigenvalue weighted by Gasteiger charge is -2.28. The molecule has 0 heterocycles. The fourth-order valence-electron chi connectivity index (χ4n) is 3.19. The lowest BCUT2D eigenvalue weighted by Crippen LogP contribution is -2.22. The van der Waals surface area contributed by atoms with Crippen LogP contribution in [0.1, 0.15) is 57.1 Å². The molecule has 0 radical (unpaired) electrons. The second kappa shape index (κ2) is 9.22. The van der Waals surface area contributed by atoms with E-state index in [1.807, 2.05) is 0 Å². The monoisotopic (exact) mass is 289 g/mol. The van der Waals surface area contributed by atoms with Gasteiger partial charge in [-0.2, -0.15) is 0 Å². The van der Waals surface area contributed by atoms with Gasteiger partial charge in [0.15, 0.2) is 0 Å². The Morgan fingerprint density at radius 3 is 2.57 bits per heavy atom. The van der Waals surface area contributed by atoms with E-state index in [-0.39, 0.29) is 0 Å². The molecule has 0 spiro atoms. The summed E-state index contributed by atoms with van der Waals surface area (Å²) in [4.78, 5) is 0. The van der Waals surface area contributed by atoms with Crippen LogP contribution in [0.5, 0.6) is 0 Å². The zero-order valence-electron chi connectivity index (χ0n) is 13.7. The third-order valence-corrected chi connectivity index (χ3v) is 4.66. The van der Waals surface area contributed by atoms with Gasteiger partial charge >= 0.3 is 0 Å². The van der Waals surface area contributed by atoms with E-state index in [0.29, 0.717) is 6.10 Å². The minimum absolute atomic E-state index is 0.483. The molecule has 2 heteroatoms. The summed E-state index contributed by atoms with van der Waals surface area (Å²) in [6.45, 7) is 7.33. The van der Waals surface area contributed by atoms with Crippen molar-refractivity contribution in [2.24, 2.45) is 5.92 Å². The maximum Gasteiger partial charge on any atom is 0.0720 e. The number of hydrogen-bond donors (Lipinski definition) is 1. The highest BCUT2D eigenvalue weighted by molar-refractivity contribution is 5.22. The van der Waals surface area contributed by atoms with E-state index in [9.17, 15) is 0 Å². The SMILES string of the molecule is CCNCCc1ccc(COC2CCCC(CC)C2)cc1. The van der Waals surface area contributed by atoms with Crippen molar-refractivity contribution >= 4 is 0 Å². The van der Waals surface area contributed by atoms with E-state index in [4.69, 9.17) is 4.74 Å². The zero-order valence-corrected chi connectivity index (χ0v) is 13.7. The predicted molar refractivity (Wildman–Crippen MR) is 89.5 cm³/mol. The first-order chi connectivity index (χ1) is 10.3. The van der Waals surface area contributed by atoms with Gasteiger partial charge in [-0.25, -0.2) is 0 Å². The second-order valence-electron chi connectivity index (χ2n) is 6.29. The van der Waals surface area contributed by atoms with E-state index in [1.54, 1.807) is 0 Å². The number of rotatable bonds is 8. The first-order valence-electron chi connectivity index (χ1n) is 8.72. The molecule has 21 heavy (non-hydrogen) atoms. The van der Waals surface area contributed by atoms with Crippen LogP contribution in [0.15, 0.2) is 24.3 Å². The van der Waals surface area contributed by atoms with Gasteiger partial charge in [-0.3, -0.25) is 0 Å². The fraction of sp³-hybridized carbons (Fsp3) is 0.684. The first-order valence-corrected chi connectivity index (χ1v) is 8.72. The van der Waals surface area contributed by atoms with Crippen molar-refractivity contribution in [3.63, 3.8) is 0 Å². The average Bonchev–Trinajstić information content (AvgIpc) is 2.54. The summed E-state index contributed by atoms with van der Waals surface area (Å²) in [7, 11) is 0. The molecule has 0 aliphatic heterocycles. The van der Waals surface area contributed by atoms with Gasteiger partial charge in [0.2, 0.25) is 0 Å². The normalized spacial score (nSPS) is 22.4. The van der Waals surface area contributed by atoms with Gasteiger partial charge in [0, 0.05) is 0 Å². The van der Waals surface area contributed by atoms with E-state index in [1.165, 1.54) is 43.2 Å². The number of nitrogens with one attached hydrogen (secondary N) is 1. The summed E-state index contributed by atoms with van der Waals surface area (Å²) in [6, 6.07) is 8.93. The Morgan fingerprint density at radius 1 is 1.10 bits per heavy atom. The Labute approximate surface area is 130 Å². The van der Waals surface area contributed by atoms with Crippen molar-refractivity contribution in [2.75, 3.05) is 13.1 Å². The maximum atomic E-state index is 6.13. The van der Waals surface area contributed by atoms with Crippen LogP contribution in [0.25, 0.3) is 0 Å². The Bertz CT molecular complexity index is 387. The van der Waals surface area contributed by atoms with Crippen LogP contribution in [-0.4, -0.2) is 19.2 Å². The van der Waals surface area contributed by atoms with Gasteiger partial charge in [-0.1, -0.05) is 57.4 Å². The highest BCUT2D eigenvalue weighted by atomic mass is 16.5. The molecule has 0 saturated heterocycles.